The summed E-state index contributed by atoms with van der Waals surface area (Å²) >= 11 is 0.410. The van der Waals surface area contributed by atoms with Crippen LogP contribution in [-0.2, 0) is 9.53 Å². The number of aromatic nitrogens is 1. The molecule has 0 saturated carbocycles. The Kier molecular flexibility index (Phi) is 7.87. The highest BCUT2D eigenvalue weighted by atomic mass is 32.2. The number of rotatable bonds is 7. The molecule has 0 saturated heterocycles. The Morgan fingerprint density at radius 2 is 1.76 bits per heavy atom. The van der Waals surface area contributed by atoms with E-state index in [-0.39, 0.29) is 5.57 Å². The number of amides is 1. The molecule has 0 unspecified atom stereocenters. The highest BCUT2D eigenvalue weighted by Crippen LogP contribution is 2.27. The van der Waals surface area contributed by atoms with Crippen LogP contribution in [0.5, 0.6) is 0 Å². The summed E-state index contributed by atoms with van der Waals surface area (Å²) in [5, 5.41) is 12.2. The number of carbonyl (C=O) groups is 2. The van der Waals surface area contributed by atoms with Gasteiger partial charge in [-0.05, 0) is 80.1 Å². The number of esters is 1. The van der Waals surface area contributed by atoms with E-state index in [1.807, 2.05) is 30.6 Å². The summed E-state index contributed by atoms with van der Waals surface area (Å²) in [5.74, 6) is -3.56. The SMILES string of the molecule is COC(=O)c1ccc(-n2c(C)cc(/C=C(\C#N)C(=O)Nc3ccc(SC(F)F)cc3)c2C)cc1. The van der Waals surface area contributed by atoms with Crippen molar-refractivity contribution in [1.82, 2.24) is 4.57 Å². The first kappa shape index (κ1) is 24.7. The van der Waals surface area contributed by atoms with Crippen LogP contribution in [0.4, 0.5) is 14.5 Å². The van der Waals surface area contributed by atoms with Crippen LogP contribution in [-0.4, -0.2) is 29.3 Å². The van der Waals surface area contributed by atoms with Gasteiger partial charge in [-0.2, -0.15) is 14.0 Å². The van der Waals surface area contributed by atoms with Crippen molar-refractivity contribution < 1.29 is 23.1 Å². The topological polar surface area (TPSA) is 84.1 Å². The summed E-state index contributed by atoms with van der Waals surface area (Å²) in [7, 11) is 1.32. The van der Waals surface area contributed by atoms with Crippen LogP contribution >= 0.6 is 11.8 Å². The third kappa shape index (κ3) is 5.71. The molecule has 2 aromatic carbocycles. The van der Waals surface area contributed by atoms with E-state index < -0.39 is 17.6 Å². The second-order valence-electron chi connectivity index (χ2n) is 7.23. The number of nitrogens with one attached hydrogen (secondary N) is 1. The average molecular weight is 482 g/mol. The summed E-state index contributed by atoms with van der Waals surface area (Å²) in [6.07, 6.45) is 1.50. The van der Waals surface area contributed by atoms with Gasteiger partial charge < -0.3 is 14.6 Å². The van der Waals surface area contributed by atoms with E-state index in [1.54, 1.807) is 24.3 Å². The number of aryl methyl sites for hydroxylation is 1. The van der Waals surface area contributed by atoms with E-state index in [9.17, 15) is 23.6 Å². The summed E-state index contributed by atoms with van der Waals surface area (Å²) in [6.45, 7) is 3.75. The molecule has 0 aliphatic heterocycles. The van der Waals surface area contributed by atoms with Gasteiger partial charge in [-0.1, -0.05) is 11.8 Å². The molecule has 3 rings (SSSR count). The zero-order chi connectivity index (χ0) is 24.8. The van der Waals surface area contributed by atoms with Gasteiger partial charge in [-0.3, -0.25) is 4.79 Å². The van der Waals surface area contributed by atoms with E-state index in [0.717, 1.165) is 17.1 Å². The predicted octanol–water partition coefficient (Wildman–Crippen LogP) is 5.74. The number of thioether (sulfide) groups is 1. The molecular weight excluding hydrogens is 460 g/mol. The molecule has 0 bridgehead atoms. The fourth-order valence-electron chi connectivity index (χ4n) is 3.42. The molecule has 174 valence electrons. The summed E-state index contributed by atoms with van der Waals surface area (Å²) < 4.78 is 31.6. The number of ether oxygens (including phenoxy) is 1. The molecule has 0 aliphatic rings. The lowest BCUT2D eigenvalue weighted by Crippen LogP contribution is -2.13. The van der Waals surface area contributed by atoms with Crippen molar-refractivity contribution >= 4 is 35.4 Å². The van der Waals surface area contributed by atoms with Crippen molar-refractivity contribution in [3.8, 4) is 11.8 Å². The van der Waals surface area contributed by atoms with Gasteiger partial charge in [0.1, 0.15) is 11.6 Å². The van der Waals surface area contributed by atoms with Gasteiger partial charge in [0.2, 0.25) is 0 Å². The fourth-order valence-corrected chi connectivity index (χ4v) is 3.92. The van der Waals surface area contributed by atoms with Gasteiger partial charge >= 0.3 is 5.97 Å². The molecule has 1 amide bonds. The van der Waals surface area contributed by atoms with E-state index in [4.69, 9.17) is 4.74 Å². The first-order valence-electron chi connectivity index (χ1n) is 10.1. The highest BCUT2D eigenvalue weighted by Gasteiger charge is 2.15. The number of hydrogen-bond acceptors (Lipinski definition) is 5. The largest absolute Gasteiger partial charge is 0.465 e. The first-order valence-corrected chi connectivity index (χ1v) is 11.0. The zero-order valence-corrected chi connectivity index (χ0v) is 19.5. The van der Waals surface area contributed by atoms with Crippen LogP contribution in [0.15, 0.2) is 65.1 Å². The van der Waals surface area contributed by atoms with Gasteiger partial charge in [0.25, 0.3) is 11.7 Å². The standard InChI is InChI=1S/C25H21F2N3O3S/c1-15-12-18(16(2)30(15)21-8-4-17(5-9-21)24(32)33-3)13-19(14-28)23(31)29-20-6-10-22(11-7-20)34-25(26)27/h4-13,25H,1-3H3,(H,29,31)/b19-13+. The molecule has 9 heteroatoms. The van der Waals surface area contributed by atoms with Crippen LogP contribution in [0.2, 0.25) is 0 Å². The summed E-state index contributed by atoms with van der Waals surface area (Å²) in [5.41, 5.74) is 3.89. The second kappa shape index (κ2) is 10.8. The Morgan fingerprint density at radius 1 is 1.12 bits per heavy atom. The monoisotopic (exact) mass is 481 g/mol. The Labute approximate surface area is 199 Å². The van der Waals surface area contributed by atoms with Crippen molar-refractivity contribution in [2.45, 2.75) is 24.5 Å². The van der Waals surface area contributed by atoms with Crippen molar-refractivity contribution in [2.24, 2.45) is 0 Å². The lowest BCUT2D eigenvalue weighted by molar-refractivity contribution is -0.112. The van der Waals surface area contributed by atoms with Crippen molar-refractivity contribution in [3.63, 3.8) is 0 Å². The van der Waals surface area contributed by atoms with Gasteiger partial charge in [-0.25, -0.2) is 4.79 Å². The molecule has 0 spiro atoms. The number of halogens is 2. The molecule has 34 heavy (non-hydrogen) atoms. The van der Waals surface area contributed by atoms with Gasteiger partial charge in [0.15, 0.2) is 0 Å². The predicted molar refractivity (Wildman–Crippen MR) is 127 cm³/mol. The zero-order valence-electron chi connectivity index (χ0n) is 18.6. The third-order valence-electron chi connectivity index (χ3n) is 5.02. The number of carbonyl (C=O) groups excluding carboxylic acids is 2. The van der Waals surface area contributed by atoms with Crippen molar-refractivity contribution in [1.29, 1.82) is 5.26 Å². The molecule has 1 heterocycles. The van der Waals surface area contributed by atoms with Crippen LogP contribution in [0.25, 0.3) is 11.8 Å². The lowest BCUT2D eigenvalue weighted by Gasteiger charge is -2.10. The van der Waals surface area contributed by atoms with E-state index in [1.165, 1.54) is 37.5 Å². The van der Waals surface area contributed by atoms with Crippen LogP contribution in [0.1, 0.15) is 27.3 Å². The van der Waals surface area contributed by atoms with Crippen molar-refractivity contribution in [2.75, 3.05) is 12.4 Å². The number of hydrogen-bond donors (Lipinski definition) is 1. The minimum absolute atomic E-state index is 0.104. The van der Waals surface area contributed by atoms with Crippen LogP contribution in [0, 0.1) is 25.2 Å². The molecule has 1 aromatic heterocycles. The van der Waals surface area contributed by atoms with Gasteiger partial charge in [0, 0.05) is 27.7 Å². The lowest BCUT2D eigenvalue weighted by atomic mass is 10.1. The highest BCUT2D eigenvalue weighted by molar-refractivity contribution is 7.99. The molecule has 1 N–H and O–H groups in total. The maximum Gasteiger partial charge on any atom is 0.337 e. The van der Waals surface area contributed by atoms with Gasteiger partial charge in [0.05, 0.1) is 12.7 Å². The molecule has 0 fully saturated rings. The number of anilines is 1. The summed E-state index contributed by atoms with van der Waals surface area (Å²) in [6, 6.07) is 16.6. The Hall–Kier alpha value is -3.90. The minimum Gasteiger partial charge on any atom is -0.465 e. The maximum atomic E-state index is 12.6. The number of nitriles is 1. The Bertz CT molecular complexity index is 1270. The third-order valence-corrected chi connectivity index (χ3v) is 5.74. The quantitative estimate of drug-likeness (QED) is 0.201. The first-order chi connectivity index (χ1) is 16.2. The number of benzene rings is 2. The van der Waals surface area contributed by atoms with E-state index in [2.05, 4.69) is 5.32 Å². The van der Waals surface area contributed by atoms with Crippen LogP contribution < -0.4 is 5.32 Å². The van der Waals surface area contributed by atoms with Crippen molar-refractivity contribution in [3.05, 3.63) is 82.7 Å². The smallest absolute Gasteiger partial charge is 0.337 e. The molecule has 0 radical (unpaired) electrons. The normalized spacial score (nSPS) is 11.3. The van der Waals surface area contributed by atoms with E-state index in [0.29, 0.717) is 33.5 Å². The molecule has 0 atom stereocenters. The maximum absolute atomic E-state index is 12.6. The summed E-state index contributed by atoms with van der Waals surface area (Å²) in [4.78, 5) is 24.7. The molecular formula is C25H21F2N3O3S. The second-order valence-corrected chi connectivity index (χ2v) is 8.29. The Balaban J connectivity index is 1.83. The molecule has 3 aromatic rings. The van der Waals surface area contributed by atoms with E-state index >= 15 is 0 Å². The van der Waals surface area contributed by atoms with Gasteiger partial charge in [-0.15, -0.1) is 0 Å². The number of alkyl halides is 2. The minimum atomic E-state index is -2.53. The average Bonchev–Trinajstić information content (AvgIpc) is 3.10. The molecule has 6 nitrogen and oxygen atoms in total. The Morgan fingerprint density at radius 3 is 2.32 bits per heavy atom. The fraction of sp³-hybridized carbons (Fsp3) is 0.160. The van der Waals surface area contributed by atoms with Crippen LogP contribution in [0.3, 0.4) is 0 Å². The number of methoxy groups -OCH3 is 1. The number of nitrogens with zero attached hydrogens (tertiary/aromatic N) is 2. The molecule has 0 aliphatic carbocycles.